The van der Waals surface area contributed by atoms with Crippen LogP contribution < -0.4 is 10.1 Å². The maximum atomic E-state index is 6.01. The Morgan fingerprint density at radius 3 is 2.56 bits per heavy atom. The summed E-state index contributed by atoms with van der Waals surface area (Å²) in [4.78, 5) is 0. The molecule has 0 radical (unpaired) electrons. The van der Waals surface area contributed by atoms with Gasteiger partial charge in [0.25, 0.3) is 0 Å². The van der Waals surface area contributed by atoms with Gasteiger partial charge in [0.15, 0.2) is 0 Å². The maximum Gasteiger partial charge on any atom is 0.119 e. The Morgan fingerprint density at radius 2 is 1.74 bits per heavy atom. The van der Waals surface area contributed by atoms with Gasteiger partial charge in [-0.15, -0.1) is 12.4 Å². The van der Waals surface area contributed by atoms with Gasteiger partial charge < -0.3 is 10.1 Å². The Hall–Kier alpha value is -1.51. The summed E-state index contributed by atoms with van der Waals surface area (Å²) in [5, 5.41) is 3.68. The lowest BCUT2D eigenvalue weighted by Crippen LogP contribution is -2.31. The van der Waals surface area contributed by atoms with E-state index in [-0.39, 0.29) is 12.4 Å². The van der Waals surface area contributed by atoms with Crippen molar-refractivity contribution in [1.82, 2.24) is 5.32 Å². The van der Waals surface area contributed by atoms with Crippen LogP contribution in [0.1, 0.15) is 68.2 Å². The summed E-state index contributed by atoms with van der Waals surface area (Å²) in [5.41, 5.74) is 4.28. The lowest BCUT2D eigenvalue weighted by Gasteiger charge is -2.27. The number of hydrogen-bond acceptors (Lipinski definition) is 2. The first-order valence-electron chi connectivity index (χ1n) is 10.4. The molecule has 3 heteroatoms. The summed E-state index contributed by atoms with van der Waals surface area (Å²) in [5.74, 6) is 1.04. The quantitative estimate of drug-likeness (QED) is 0.484. The fraction of sp³-hybridized carbons (Fsp3) is 0.500. The minimum atomic E-state index is 0. The Kier molecular flexibility index (Phi) is 9.72. The third-order valence-corrected chi connectivity index (χ3v) is 5.32. The monoisotopic (exact) mass is 387 g/mol. The summed E-state index contributed by atoms with van der Waals surface area (Å²) in [7, 11) is 0. The van der Waals surface area contributed by atoms with Gasteiger partial charge >= 0.3 is 0 Å². The smallest absolute Gasteiger partial charge is 0.119 e. The maximum absolute atomic E-state index is 6.01. The number of nitrogens with one attached hydrogen (secondary N) is 1. The van der Waals surface area contributed by atoms with Gasteiger partial charge in [0, 0.05) is 6.04 Å². The zero-order valence-electron chi connectivity index (χ0n) is 16.6. The van der Waals surface area contributed by atoms with Crippen LogP contribution in [0.3, 0.4) is 0 Å². The molecule has 2 aromatic carbocycles. The van der Waals surface area contributed by atoms with Gasteiger partial charge in [-0.2, -0.15) is 0 Å². The fourth-order valence-electron chi connectivity index (χ4n) is 3.82. The second-order valence-corrected chi connectivity index (χ2v) is 7.42. The first-order chi connectivity index (χ1) is 12.9. The molecule has 0 fully saturated rings. The molecule has 3 rings (SSSR count). The van der Waals surface area contributed by atoms with Crippen molar-refractivity contribution in [2.75, 3.05) is 13.2 Å². The van der Waals surface area contributed by atoms with Crippen molar-refractivity contribution in [3.05, 3.63) is 65.2 Å². The summed E-state index contributed by atoms with van der Waals surface area (Å²) in [6, 6.07) is 17.9. The third-order valence-electron chi connectivity index (χ3n) is 5.32. The van der Waals surface area contributed by atoms with E-state index in [1.807, 2.05) is 0 Å². The van der Waals surface area contributed by atoms with Crippen molar-refractivity contribution >= 4 is 12.4 Å². The van der Waals surface area contributed by atoms with Gasteiger partial charge in [0.1, 0.15) is 5.75 Å². The molecule has 1 heterocycles. The molecule has 27 heavy (non-hydrogen) atoms. The fourth-order valence-corrected chi connectivity index (χ4v) is 3.82. The molecule has 0 saturated heterocycles. The molecule has 0 bridgehead atoms. The minimum absolute atomic E-state index is 0. The molecule has 2 aromatic rings. The normalized spacial score (nSPS) is 15.7. The molecule has 1 N–H and O–H groups in total. The molecular weight excluding hydrogens is 354 g/mol. The van der Waals surface area contributed by atoms with Gasteiger partial charge in [-0.3, -0.25) is 0 Å². The molecule has 1 atom stereocenters. The van der Waals surface area contributed by atoms with Crippen LogP contribution in [0.4, 0.5) is 0 Å². The zero-order chi connectivity index (χ0) is 18.0. The van der Waals surface area contributed by atoms with E-state index in [2.05, 4.69) is 60.8 Å². The Labute approximate surface area is 171 Å². The Bertz CT molecular complexity index is 659. The summed E-state index contributed by atoms with van der Waals surface area (Å²) >= 11 is 0. The van der Waals surface area contributed by atoms with Crippen molar-refractivity contribution in [3.63, 3.8) is 0 Å². The lowest BCUT2D eigenvalue weighted by molar-refractivity contribution is 0.303. The number of halogens is 1. The minimum Gasteiger partial charge on any atom is -0.494 e. The van der Waals surface area contributed by atoms with Crippen LogP contribution in [0, 0.1) is 0 Å². The van der Waals surface area contributed by atoms with Crippen molar-refractivity contribution in [2.45, 2.75) is 64.3 Å². The molecule has 0 saturated carbocycles. The highest BCUT2D eigenvalue weighted by molar-refractivity contribution is 5.85. The Morgan fingerprint density at radius 1 is 0.963 bits per heavy atom. The molecule has 2 nitrogen and oxygen atoms in total. The Balaban J connectivity index is 0.00000261. The van der Waals surface area contributed by atoms with E-state index in [1.165, 1.54) is 55.2 Å². The standard InChI is InChI=1S/C24H33NO.ClH/c1-2-3-4-5-6-10-17-26-22-13-14-23-21(19-22)15-16-25-24(23)18-20-11-8-7-9-12-20;/h7-9,11-14,19,24-25H,2-6,10,15-18H2,1H3;1H. The average Bonchev–Trinajstić information content (AvgIpc) is 2.68. The number of hydrogen-bond donors (Lipinski definition) is 1. The van der Waals surface area contributed by atoms with E-state index in [4.69, 9.17) is 4.74 Å². The first-order valence-corrected chi connectivity index (χ1v) is 10.4. The van der Waals surface area contributed by atoms with Crippen molar-refractivity contribution in [2.24, 2.45) is 0 Å². The van der Waals surface area contributed by atoms with Gasteiger partial charge in [-0.1, -0.05) is 75.4 Å². The van der Waals surface area contributed by atoms with Crippen LogP contribution in [0.25, 0.3) is 0 Å². The van der Waals surface area contributed by atoms with Crippen LogP contribution in [0.2, 0.25) is 0 Å². The predicted octanol–water partition coefficient (Wildman–Crippen LogP) is 6.28. The average molecular weight is 388 g/mol. The number of benzene rings is 2. The van der Waals surface area contributed by atoms with Gasteiger partial charge in [0.05, 0.1) is 6.61 Å². The summed E-state index contributed by atoms with van der Waals surface area (Å²) in [6.07, 6.45) is 9.97. The number of rotatable bonds is 10. The second kappa shape index (κ2) is 12.0. The van der Waals surface area contributed by atoms with Crippen LogP contribution >= 0.6 is 12.4 Å². The van der Waals surface area contributed by atoms with Crippen molar-refractivity contribution in [1.29, 1.82) is 0 Å². The van der Waals surface area contributed by atoms with E-state index >= 15 is 0 Å². The molecule has 1 unspecified atom stereocenters. The van der Waals surface area contributed by atoms with E-state index < -0.39 is 0 Å². The third kappa shape index (κ3) is 6.86. The highest BCUT2D eigenvalue weighted by Gasteiger charge is 2.20. The molecule has 1 aliphatic rings. The van der Waals surface area contributed by atoms with E-state index in [1.54, 1.807) is 0 Å². The largest absolute Gasteiger partial charge is 0.494 e. The van der Waals surface area contributed by atoms with E-state index in [9.17, 15) is 0 Å². The van der Waals surface area contributed by atoms with Crippen LogP contribution in [-0.2, 0) is 12.8 Å². The first kappa shape index (κ1) is 21.8. The van der Waals surface area contributed by atoms with Gasteiger partial charge in [0.2, 0.25) is 0 Å². The number of ether oxygens (including phenoxy) is 1. The molecule has 0 aliphatic carbocycles. The topological polar surface area (TPSA) is 21.3 Å². The summed E-state index contributed by atoms with van der Waals surface area (Å²) < 4.78 is 6.01. The highest BCUT2D eigenvalue weighted by atomic mass is 35.5. The molecule has 0 spiro atoms. The SMILES string of the molecule is CCCCCCCCOc1ccc2c(c1)CCNC2Cc1ccccc1.Cl. The molecule has 0 amide bonds. The number of unbranched alkanes of at least 4 members (excludes halogenated alkanes) is 5. The van der Waals surface area contributed by atoms with Gasteiger partial charge in [-0.05, 0) is 54.6 Å². The molecular formula is C24H34ClNO. The lowest BCUT2D eigenvalue weighted by atomic mass is 9.90. The van der Waals surface area contributed by atoms with Crippen LogP contribution in [-0.4, -0.2) is 13.2 Å². The second-order valence-electron chi connectivity index (χ2n) is 7.42. The zero-order valence-corrected chi connectivity index (χ0v) is 17.4. The number of fused-ring (bicyclic) bond motifs is 1. The van der Waals surface area contributed by atoms with Crippen LogP contribution in [0.15, 0.2) is 48.5 Å². The van der Waals surface area contributed by atoms with Crippen molar-refractivity contribution in [3.8, 4) is 5.75 Å². The van der Waals surface area contributed by atoms with E-state index in [0.717, 1.165) is 31.7 Å². The predicted molar refractivity (Wildman–Crippen MR) is 117 cm³/mol. The van der Waals surface area contributed by atoms with Gasteiger partial charge in [-0.25, -0.2) is 0 Å². The molecule has 1 aliphatic heterocycles. The van der Waals surface area contributed by atoms with Crippen LogP contribution in [0.5, 0.6) is 5.75 Å². The van der Waals surface area contributed by atoms with Crippen molar-refractivity contribution < 1.29 is 4.74 Å². The van der Waals surface area contributed by atoms with E-state index in [0.29, 0.717) is 6.04 Å². The highest BCUT2D eigenvalue weighted by Crippen LogP contribution is 2.29. The summed E-state index contributed by atoms with van der Waals surface area (Å²) in [6.45, 7) is 4.15. The molecule has 148 valence electrons. The molecule has 0 aromatic heterocycles.